The third-order valence-electron chi connectivity index (χ3n) is 3.66. The third-order valence-corrected chi connectivity index (χ3v) is 4.30. The number of rotatable bonds is 2. The Bertz CT molecular complexity index is 422. The van der Waals surface area contributed by atoms with Crippen LogP contribution in [-0.2, 0) is 0 Å². The first-order chi connectivity index (χ1) is 8.02. The Balaban J connectivity index is 2.31. The molecule has 2 rings (SSSR count). The number of phenolic OH excluding ortho intramolecular Hbond substituents is 1. The average Bonchev–Trinajstić information content (AvgIpc) is 2.65. The topological polar surface area (TPSA) is 49.5 Å². The second kappa shape index (κ2) is 4.96. The molecule has 1 aromatic rings. The minimum absolute atomic E-state index is 0.308. The van der Waals surface area contributed by atoms with Crippen LogP contribution >= 0.6 is 15.9 Å². The van der Waals surface area contributed by atoms with Crippen molar-refractivity contribution in [1.29, 1.82) is 0 Å². The minimum atomic E-state index is 0.308. The lowest BCUT2D eigenvalue weighted by atomic mass is 9.96. The highest BCUT2D eigenvalue weighted by atomic mass is 79.9. The number of aryl methyl sites for hydroxylation is 1. The van der Waals surface area contributed by atoms with Gasteiger partial charge in [-0.05, 0) is 72.0 Å². The van der Waals surface area contributed by atoms with Gasteiger partial charge in [0.2, 0.25) is 0 Å². The van der Waals surface area contributed by atoms with Gasteiger partial charge in [-0.3, -0.25) is 4.90 Å². The fourth-order valence-electron chi connectivity index (χ4n) is 2.68. The van der Waals surface area contributed by atoms with Crippen LogP contribution < -0.4 is 5.73 Å². The highest BCUT2D eigenvalue weighted by molar-refractivity contribution is 9.10. The molecule has 0 spiro atoms. The van der Waals surface area contributed by atoms with Gasteiger partial charge in [0.15, 0.2) is 0 Å². The molecule has 1 saturated heterocycles. The van der Waals surface area contributed by atoms with Gasteiger partial charge in [0, 0.05) is 12.6 Å². The summed E-state index contributed by atoms with van der Waals surface area (Å²) >= 11 is 3.39. The summed E-state index contributed by atoms with van der Waals surface area (Å²) < 4.78 is 0.766. The number of benzene rings is 1. The van der Waals surface area contributed by atoms with E-state index in [1.807, 2.05) is 19.1 Å². The van der Waals surface area contributed by atoms with Gasteiger partial charge in [-0.2, -0.15) is 0 Å². The summed E-state index contributed by atoms with van der Waals surface area (Å²) in [4.78, 5) is 2.35. The van der Waals surface area contributed by atoms with E-state index >= 15 is 0 Å². The van der Waals surface area contributed by atoms with Crippen molar-refractivity contribution in [2.45, 2.75) is 19.4 Å². The van der Waals surface area contributed by atoms with Crippen molar-refractivity contribution >= 4 is 15.9 Å². The van der Waals surface area contributed by atoms with Crippen LogP contribution in [0.5, 0.6) is 5.75 Å². The number of halogens is 1. The Morgan fingerprint density at radius 1 is 1.53 bits per heavy atom. The van der Waals surface area contributed by atoms with Crippen LogP contribution in [0.25, 0.3) is 0 Å². The van der Waals surface area contributed by atoms with Gasteiger partial charge in [0.05, 0.1) is 4.47 Å². The van der Waals surface area contributed by atoms with Gasteiger partial charge in [0.25, 0.3) is 0 Å². The van der Waals surface area contributed by atoms with E-state index in [2.05, 4.69) is 27.9 Å². The Labute approximate surface area is 111 Å². The van der Waals surface area contributed by atoms with Gasteiger partial charge < -0.3 is 10.8 Å². The Morgan fingerprint density at radius 2 is 2.24 bits per heavy atom. The van der Waals surface area contributed by atoms with Gasteiger partial charge in [-0.1, -0.05) is 0 Å². The maximum atomic E-state index is 9.65. The minimum Gasteiger partial charge on any atom is -0.507 e. The summed E-state index contributed by atoms with van der Waals surface area (Å²) in [7, 11) is 2.14. The lowest BCUT2D eigenvalue weighted by Crippen LogP contribution is -2.21. The van der Waals surface area contributed by atoms with Crippen molar-refractivity contribution in [3.63, 3.8) is 0 Å². The van der Waals surface area contributed by atoms with Gasteiger partial charge in [-0.15, -0.1) is 0 Å². The highest BCUT2D eigenvalue weighted by Crippen LogP contribution is 2.38. The normalized spacial score (nSPS) is 25.4. The smallest absolute Gasteiger partial charge is 0.130 e. The second-order valence-corrected chi connectivity index (χ2v) is 5.81. The Kier molecular flexibility index (Phi) is 3.76. The first-order valence-electron chi connectivity index (χ1n) is 5.92. The third kappa shape index (κ3) is 2.49. The summed E-state index contributed by atoms with van der Waals surface area (Å²) in [6.45, 7) is 3.85. The molecule has 2 atom stereocenters. The van der Waals surface area contributed by atoms with E-state index in [0.717, 1.165) is 29.5 Å². The summed E-state index contributed by atoms with van der Waals surface area (Å²) in [6.07, 6.45) is 1.10. The maximum Gasteiger partial charge on any atom is 0.130 e. The van der Waals surface area contributed by atoms with Crippen LogP contribution in [0.3, 0.4) is 0 Å². The van der Waals surface area contributed by atoms with E-state index in [-0.39, 0.29) is 0 Å². The largest absolute Gasteiger partial charge is 0.507 e. The molecule has 17 heavy (non-hydrogen) atoms. The lowest BCUT2D eigenvalue weighted by Gasteiger charge is -2.22. The zero-order chi connectivity index (χ0) is 12.6. The zero-order valence-electron chi connectivity index (χ0n) is 10.3. The number of aromatic hydroxyl groups is 1. The lowest BCUT2D eigenvalue weighted by molar-refractivity contribution is 0.312. The van der Waals surface area contributed by atoms with Crippen molar-refractivity contribution in [1.82, 2.24) is 4.90 Å². The SMILES string of the molecule is Cc1cc(O)c(Br)cc1C1CC(CN)CN1C. The Morgan fingerprint density at radius 3 is 2.82 bits per heavy atom. The molecule has 94 valence electrons. The van der Waals surface area contributed by atoms with E-state index in [0.29, 0.717) is 17.7 Å². The number of nitrogens with zero attached hydrogens (tertiary/aromatic N) is 1. The van der Waals surface area contributed by atoms with Crippen LogP contribution in [0, 0.1) is 12.8 Å². The molecular weight excluding hydrogens is 280 g/mol. The molecule has 1 aliphatic rings. The van der Waals surface area contributed by atoms with Crippen molar-refractivity contribution < 1.29 is 5.11 Å². The molecule has 0 amide bonds. The first kappa shape index (κ1) is 12.9. The zero-order valence-corrected chi connectivity index (χ0v) is 11.9. The number of hydrogen-bond acceptors (Lipinski definition) is 3. The van der Waals surface area contributed by atoms with E-state index in [1.54, 1.807) is 0 Å². The maximum absolute atomic E-state index is 9.65. The molecule has 2 unspecified atom stereocenters. The fourth-order valence-corrected chi connectivity index (χ4v) is 3.04. The highest BCUT2D eigenvalue weighted by Gasteiger charge is 2.30. The number of phenols is 1. The van der Waals surface area contributed by atoms with Gasteiger partial charge in [-0.25, -0.2) is 0 Å². The number of likely N-dealkylation sites (tertiary alicyclic amines) is 1. The molecule has 0 bridgehead atoms. The van der Waals surface area contributed by atoms with Gasteiger partial charge in [0.1, 0.15) is 5.75 Å². The van der Waals surface area contributed by atoms with Crippen LogP contribution in [0.2, 0.25) is 0 Å². The molecule has 0 aliphatic carbocycles. The molecule has 0 radical (unpaired) electrons. The molecule has 0 aromatic heterocycles. The number of hydrogen-bond donors (Lipinski definition) is 2. The molecule has 0 saturated carbocycles. The predicted molar refractivity (Wildman–Crippen MR) is 73.1 cm³/mol. The predicted octanol–water partition coefficient (Wildman–Crippen LogP) is 2.41. The van der Waals surface area contributed by atoms with E-state index in [4.69, 9.17) is 5.73 Å². The van der Waals surface area contributed by atoms with Crippen molar-refractivity contribution in [2.75, 3.05) is 20.1 Å². The standard InChI is InChI=1S/C13H19BrN2O/c1-8-3-13(17)11(14)5-10(8)12-4-9(6-15)7-16(12)2/h3,5,9,12,17H,4,6-7,15H2,1-2H3. The van der Waals surface area contributed by atoms with Crippen molar-refractivity contribution in [2.24, 2.45) is 11.7 Å². The molecule has 1 heterocycles. The van der Waals surface area contributed by atoms with Gasteiger partial charge >= 0.3 is 0 Å². The molecule has 1 aromatic carbocycles. The van der Waals surface area contributed by atoms with E-state index in [1.165, 1.54) is 5.56 Å². The second-order valence-electron chi connectivity index (χ2n) is 4.95. The molecule has 3 nitrogen and oxygen atoms in total. The van der Waals surface area contributed by atoms with Crippen LogP contribution in [0.1, 0.15) is 23.6 Å². The summed E-state index contributed by atoms with van der Waals surface area (Å²) in [5, 5.41) is 9.65. The molecule has 4 heteroatoms. The average molecular weight is 299 g/mol. The van der Waals surface area contributed by atoms with E-state index < -0.39 is 0 Å². The molecular formula is C13H19BrN2O. The summed E-state index contributed by atoms with van der Waals surface area (Å²) in [6, 6.07) is 4.27. The summed E-state index contributed by atoms with van der Waals surface area (Å²) in [5.41, 5.74) is 8.18. The molecule has 3 N–H and O–H groups in total. The quantitative estimate of drug-likeness (QED) is 0.881. The molecule has 1 aliphatic heterocycles. The van der Waals surface area contributed by atoms with E-state index in [9.17, 15) is 5.11 Å². The monoisotopic (exact) mass is 298 g/mol. The number of nitrogens with two attached hydrogens (primary N) is 1. The first-order valence-corrected chi connectivity index (χ1v) is 6.71. The van der Waals surface area contributed by atoms with Crippen molar-refractivity contribution in [3.05, 3.63) is 27.7 Å². The van der Waals surface area contributed by atoms with Crippen LogP contribution in [0.4, 0.5) is 0 Å². The van der Waals surface area contributed by atoms with Crippen LogP contribution in [-0.4, -0.2) is 30.1 Å². The van der Waals surface area contributed by atoms with Crippen LogP contribution in [0.15, 0.2) is 16.6 Å². The van der Waals surface area contributed by atoms with Crippen molar-refractivity contribution in [3.8, 4) is 5.75 Å². The summed E-state index contributed by atoms with van der Waals surface area (Å²) in [5.74, 6) is 0.888. The molecule has 1 fully saturated rings. The Hall–Kier alpha value is -0.580. The fraction of sp³-hybridized carbons (Fsp3) is 0.538.